The van der Waals surface area contributed by atoms with Crippen molar-refractivity contribution in [2.45, 2.75) is 51.7 Å². The first-order valence-electron chi connectivity index (χ1n) is 13.1. The summed E-state index contributed by atoms with van der Waals surface area (Å²) in [6.07, 6.45) is 2.21. The predicted octanol–water partition coefficient (Wildman–Crippen LogP) is 7.12. The number of hydrogen-bond acceptors (Lipinski definition) is 6. The Balaban J connectivity index is 1.22. The van der Waals surface area contributed by atoms with Gasteiger partial charge in [-0.05, 0) is 89.9 Å². The number of rotatable bonds is 8. The molecule has 5 rings (SSSR count). The summed E-state index contributed by atoms with van der Waals surface area (Å²) >= 11 is 0. The van der Waals surface area contributed by atoms with E-state index in [0.717, 1.165) is 45.7 Å². The zero-order chi connectivity index (χ0) is 26.9. The van der Waals surface area contributed by atoms with E-state index in [9.17, 15) is 13.9 Å². The number of carbonyl (C=O) groups is 1. The first-order chi connectivity index (χ1) is 18.2. The second-order valence-corrected chi connectivity index (χ2v) is 12.9. The Morgan fingerprint density at radius 3 is 2.29 bits per heavy atom. The molecular formula is C31H36O6S. The highest BCUT2D eigenvalue weighted by atomic mass is 32.3. The number of ether oxygens (including phenoxy) is 3. The lowest BCUT2D eigenvalue weighted by atomic mass is 9.94. The molecule has 0 spiro atoms. The van der Waals surface area contributed by atoms with Gasteiger partial charge in [-0.15, -0.1) is 0 Å². The standard InChI is InChI=1S/C31H36O6S/c1-20-15-27(37-26-11-13-38(33,34)14-12-26)16-21(2)30(20)24-6-4-5-22(17-24)19-36-25-9-7-23(8-10-25)28-18-29(28)31(32)35-3/h4-10,15-17,26,28-29,33-34H,11-14,18-19H2,1-3H3. The molecule has 1 heterocycles. The Morgan fingerprint density at radius 2 is 1.63 bits per heavy atom. The third-order valence-electron chi connectivity index (χ3n) is 7.57. The molecule has 38 heavy (non-hydrogen) atoms. The third-order valence-corrected chi connectivity index (χ3v) is 9.35. The lowest BCUT2D eigenvalue weighted by molar-refractivity contribution is -0.142. The minimum atomic E-state index is -2.41. The summed E-state index contributed by atoms with van der Waals surface area (Å²) in [4.78, 5) is 11.7. The van der Waals surface area contributed by atoms with Crippen molar-refractivity contribution in [1.82, 2.24) is 0 Å². The molecule has 1 aliphatic carbocycles. The van der Waals surface area contributed by atoms with Gasteiger partial charge < -0.3 is 14.2 Å². The molecule has 0 amide bonds. The van der Waals surface area contributed by atoms with Crippen molar-refractivity contribution in [1.29, 1.82) is 0 Å². The molecule has 202 valence electrons. The van der Waals surface area contributed by atoms with E-state index >= 15 is 0 Å². The van der Waals surface area contributed by atoms with Gasteiger partial charge in [0.05, 0.1) is 13.0 Å². The molecule has 3 aromatic carbocycles. The number of benzene rings is 3. The van der Waals surface area contributed by atoms with Crippen LogP contribution in [-0.4, -0.2) is 39.8 Å². The Bertz CT molecular complexity index is 1270. The normalized spacial score (nSPS) is 21.4. The zero-order valence-electron chi connectivity index (χ0n) is 22.2. The van der Waals surface area contributed by atoms with Crippen molar-refractivity contribution in [3.63, 3.8) is 0 Å². The van der Waals surface area contributed by atoms with Crippen molar-refractivity contribution in [2.24, 2.45) is 5.92 Å². The maximum Gasteiger partial charge on any atom is 0.309 e. The van der Waals surface area contributed by atoms with Gasteiger partial charge in [0.1, 0.15) is 24.2 Å². The van der Waals surface area contributed by atoms with Crippen LogP contribution in [0.5, 0.6) is 11.5 Å². The van der Waals surface area contributed by atoms with Crippen LogP contribution in [0.25, 0.3) is 11.1 Å². The number of methoxy groups -OCH3 is 1. The predicted molar refractivity (Wildman–Crippen MR) is 151 cm³/mol. The van der Waals surface area contributed by atoms with E-state index in [1.54, 1.807) is 0 Å². The average molecular weight is 537 g/mol. The van der Waals surface area contributed by atoms with E-state index in [-0.39, 0.29) is 23.9 Å². The Kier molecular flexibility index (Phi) is 7.70. The summed E-state index contributed by atoms with van der Waals surface area (Å²) in [6.45, 7) is 4.66. The smallest absolute Gasteiger partial charge is 0.309 e. The molecule has 1 saturated heterocycles. The van der Waals surface area contributed by atoms with E-state index < -0.39 is 10.6 Å². The molecule has 6 nitrogen and oxygen atoms in total. The largest absolute Gasteiger partial charge is 0.490 e. The lowest BCUT2D eigenvalue weighted by Gasteiger charge is -2.39. The minimum Gasteiger partial charge on any atom is -0.490 e. The van der Waals surface area contributed by atoms with Crippen LogP contribution in [0.3, 0.4) is 0 Å². The Labute approximate surface area is 226 Å². The second-order valence-electron chi connectivity index (χ2n) is 10.5. The molecule has 0 aromatic heterocycles. The highest BCUT2D eigenvalue weighted by molar-refractivity contribution is 8.24. The fourth-order valence-electron chi connectivity index (χ4n) is 5.41. The van der Waals surface area contributed by atoms with Crippen LogP contribution in [0.4, 0.5) is 0 Å². The van der Waals surface area contributed by atoms with Crippen LogP contribution in [0.1, 0.15) is 47.4 Å². The molecule has 3 aromatic rings. The van der Waals surface area contributed by atoms with Gasteiger partial charge in [0.2, 0.25) is 0 Å². The fourth-order valence-corrected chi connectivity index (χ4v) is 6.90. The van der Waals surface area contributed by atoms with Gasteiger partial charge in [-0.2, -0.15) is 10.6 Å². The van der Waals surface area contributed by atoms with Crippen LogP contribution in [0, 0.1) is 19.8 Å². The van der Waals surface area contributed by atoms with Gasteiger partial charge in [-0.1, -0.05) is 30.3 Å². The average Bonchev–Trinajstić information content (AvgIpc) is 3.70. The maximum atomic E-state index is 11.7. The lowest BCUT2D eigenvalue weighted by Crippen LogP contribution is -2.28. The molecule has 2 unspecified atom stereocenters. The van der Waals surface area contributed by atoms with Crippen molar-refractivity contribution in [3.8, 4) is 22.6 Å². The molecule has 7 heteroatoms. The van der Waals surface area contributed by atoms with E-state index in [0.29, 0.717) is 31.0 Å². The monoisotopic (exact) mass is 536 g/mol. The van der Waals surface area contributed by atoms with Gasteiger partial charge in [-0.25, -0.2) is 0 Å². The highest BCUT2D eigenvalue weighted by Gasteiger charge is 2.44. The van der Waals surface area contributed by atoms with Crippen LogP contribution < -0.4 is 9.47 Å². The van der Waals surface area contributed by atoms with E-state index in [1.807, 2.05) is 24.3 Å². The molecule has 2 aliphatic rings. The number of esters is 1. The van der Waals surface area contributed by atoms with Gasteiger partial charge in [0.15, 0.2) is 0 Å². The minimum absolute atomic E-state index is 0.0157. The Morgan fingerprint density at radius 1 is 0.947 bits per heavy atom. The molecule has 2 atom stereocenters. The van der Waals surface area contributed by atoms with Gasteiger partial charge in [-0.3, -0.25) is 13.9 Å². The van der Waals surface area contributed by atoms with Gasteiger partial charge in [0, 0.05) is 24.3 Å². The number of aryl methyl sites for hydroxylation is 2. The third kappa shape index (κ3) is 6.17. The van der Waals surface area contributed by atoms with Crippen LogP contribution >= 0.6 is 10.6 Å². The molecule has 1 aliphatic heterocycles. The zero-order valence-corrected chi connectivity index (χ0v) is 23.0. The van der Waals surface area contributed by atoms with Crippen LogP contribution in [0.15, 0.2) is 60.7 Å². The topological polar surface area (TPSA) is 85.2 Å². The summed E-state index contributed by atoms with van der Waals surface area (Å²) in [5, 5.41) is 0. The molecule has 2 N–H and O–H groups in total. The molecule has 0 radical (unpaired) electrons. The van der Waals surface area contributed by atoms with E-state index in [1.165, 1.54) is 12.7 Å². The summed E-state index contributed by atoms with van der Waals surface area (Å²) in [5.41, 5.74) is 6.83. The van der Waals surface area contributed by atoms with Gasteiger partial charge >= 0.3 is 5.97 Å². The van der Waals surface area contributed by atoms with Gasteiger partial charge in [0.25, 0.3) is 0 Å². The van der Waals surface area contributed by atoms with E-state index in [2.05, 4.69) is 50.2 Å². The molecule has 2 fully saturated rings. The molecule has 1 saturated carbocycles. The van der Waals surface area contributed by atoms with Crippen molar-refractivity contribution >= 4 is 16.6 Å². The van der Waals surface area contributed by atoms with Crippen molar-refractivity contribution in [2.75, 3.05) is 18.6 Å². The number of carbonyl (C=O) groups excluding carboxylic acids is 1. The summed E-state index contributed by atoms with van der Waals surface area (Å²) in [5.74, 6) is 2.57. The van der Waals surface area contributed by atoms with Crippen molar-refractivity contribution in [3.05, 3.63) is 82.9 Å². The summed E-state index contributed by atoms with van der Waals surface area (Å²) < 4.78 is 36.9. The highest BCUT2D eigenvalue weighted by Crippen LogP contribution is 2.48. The summed E-state index contributed by atoms with van der Waals surface area (Å²) in [7, 11) is -0.969. The van der Waals surface area contributed by atoms with Crippen LogP contribution in [-0.2, 0) is 16.1 Å². The quantitative estimate of drug-likeness (QED) is 0.298. The fraction of sp³-hybridized carbons (Fsp3) is 0.387. The van der Waals surface area contributed by atoms with Crippen LogP contribution in [0.2, 0.25) is 0 Å². The molecule has 0 bridgehead atoms. The summed E-state index contributed by atoms with van der Waals surface area (Å²) in [6, 6.07) is 20.6. The maximum absolute atomic E-state index is 11.7. The first kappa shape index (κ1) is 26.6. The number of hydrogen-bond donors (Lipinski definition) is 2. The Hall–Kier alpha value is -3.00. The molecular weight excluding hydrogens is 500 g/mol. The SMILES string of the molecule is COC(=O)C1CC1c1ccc(OCc2cccc(-c3c(C)cc(OC4CCS(O)(O)CC4)cc3C)c2)cc1. The van der Waals surface area contributed by atoms with Crippen molar-refractivity contribution < 1.29 is 28.1 Å². The van der Waals surface area contributed by atoms with E-state index in [4.69, 9.17) is 14.2 Å². The second kappa shape index (κ2) is 11.0. The first-order valence-corrected chi connectivity index (χ1v) is 15.0.